The van der Waals surface area contributed by atoms with Crippen molar-refractivity contribution < 1.29 is 19.1 Å². The first-order chi connectivity index (χ1) is 15.5. The van der Waals surface area contributed by atoms with E-state index in [1.807, 2.05) is 6.07 Å². The van der Waals surface area contributed by atoms with Gasteiger partial charge in [0.2, 0.25) is 11.3 Å². The Bertz CT molecular complexity index is 1180. The second-order valence-corrected chi connectivity index (χ2v) is 7.42. The lowest BCUT2D eigenvalue weighted by Gasteiger charge is -2.30. The molecule has 0 radical (unpaired) electrons. The van der Waals surface area contributed by atoms with Crippen LogP contribution in [0.25, 0.3) is 0 Å². The molecule has 164 valence electrons. The normalized spacial score (nSPS) is 15.7. The van der Waals surface area contributed by atoms with Crippen LogP contribution in [0, 0.1) is 11.3 Å². The molecule has 1 saturated heterocycles. The first-order valence-corrected chi connectivity index (χ1v) is 10.0. The van der Waals surface area contributed by atoms with E-state index in [4.69, 9.17) is 10.00 Å². The van der Waals surface area contributed by atoms with Crippen LogP contribution in [0.15, 0.2) is 23.1 Å². The molecule has 11 nitrogen and oxygen atoms in total. The van der Waals surface area contributed by atoms with Gasteiger partial charge in [0.1, 0.15) is 35.6 Å². The number of H-pyrrole nitrogens is 1. The first-order valence-electron chi connectivity index (χ1n) is 10.0. The van der Waals surface area contributed by atoms with Crippen LogP contribution in [0.5, 0.6) is 0 Å². The van der Waals surface area contributed by atoms with Crippen molar-refractivity contribution in [1.82, 2.24) is 14.9 Å². The van der Waals surface area contributed by atoms with Crippen LogP contribution >= 0.6 is 0 Å². The number of nitrogens with zero attached hydrogens (tertiary/aromatic N) is 4. The molecular formula is C21H20N6O5. The molecule has 0 spiro atoms. The largest absolute Gasteiger partial charge is 0.370 e. The van der Waals surface area contributed by atoms with Crippen LogP contribution in [0.1, 0.15) is 33.6 Å². The maximum atomic E-state index is 12.9. The average molecular weight is 436 g/mol. The van der Waals surface area contributed by atoms with E-state index in [9.17, 15) is 19.2 Å². The van der Waals surface area contributed by atoms with E-state index in [2.05, 4.69) is 15.3 Å². The Morgan fingerprint density at radius 1 is 1.34 bits per heavy atom. The minimum atomic E-state index is -0.522. The van der Waals surface area contributed by atoms with Crippen LogP contribution in [-0.4, -0.2) is 59.4 Å². The van der Waals surface area contributed by atoms with Crippen LogP contribution < -0.4 is 15.6 Å². The summed E-state index contributed by atoms with van der Waals surface area (Å²) in [5.74, 6) is 0.358. The fraction of sp³-hybridized carbons (Fsp3) is 0.333. The standard InChI is InChI=1S/C21H20N6O5/c22-8-15-9-23-18(7-17(15)29)25-21(31)27-3-1-2-13-6-14(16(11-28)24-20(13)27)10-26-4-5-32-12-19(26)30/h6-7,9,11H,1-5,10,12H2,(H2,23,25,29,31). The molecule has 4 heterocycles. The number of hydrogen-bond donors (Lipinski definition) is 2. The highest BCUT2D eigenvalue weighted by Gasteiger charge is 2.27. The van der Waals surface area contributed by atoms with Crippen LogP contribution in [0.3, 0.4) is 0 Å². The first kappa shape index (κ1) is 21.2. The summed E-state index contributed by atoms with van der Waals surface area (Å²) in [5.41, 5.74) is 1.00. The van der Waals surface area contributed by atoms with Crippen LogP contribution in [0.4, 0.5) is 16.4 Å². The lowest BCUT2D eigenvalue weighted by Crippen LogP contribution is -2.42. The quantitative estimate of drug-likeness (QED) is 0.673. The van der Waals surface area contributed by atoms with Gasteiger partial charge in [0, 0.05) is 37.5 Å². The molecule has 1 fully saturated rings. The van der Waals surface area contributed by atoms with Crippen molar-refractivity contribution in [3.05, 3.63) is 50.9 Å². The number of aldehydes is 1. The predicted octanol–water partition coefficient (Wildman–Crippen LogP) is 0.798. The van der Waals surface area contributed by atoms with E-state index in [1.165, 1.54) is 11.1 Å². The SMILES string of the molecule is N#Cc1c[nH]c(NC(=O)N2CCCc3cc(CN4CCOCC4=O)c(C=O)nc32)cc1=O. The predicted molar refractivity (Wildman–Crippen MR) is 112 cm³/mol. The molecule has 0 aliphatic carbocycles. The zero-order valence-corrected chi connectivity index (χ0v) is 17.1. The molecule has 32 heavy (non-hydrogen) atoms. The number of urea groups is 1. The van der Waals surface area contributed by atoms with E-state index in [0.29, 0.717) is 50.2 Å². The van der Waals surface area contributed by atoms with Gasteiger partial charge in [-0.25, -0.2) is 9.78 Å². The summed E-state index contributed by atoms with van der Waals surface area (Å²) in [6, 6.07) is 4.19. The Morgan fingerprint density at radius 2 is 2.19 bits per heavy atom. The number of hydrogen-bond acceptors (Lipinski definition) is 7. The summed E-state index contributed by atoms with van der Waals surface area (Å²) < 4.78 is 5.14. The molecule has 2 N–H and O–H groups in total. The molecule has 0 bridgehead atoms. The Hall–Kier alpha value is -4.04. The highest BCUT2D eigenvalue weighted by atomic mass is 16.5. The number of pyridine rings is 2. The summed E-state index contributed by atoms with van der Waals surface area (Å²) in [5, 5.41) is 11.5. The molecule has 2 aromatic rings. The number of fused-ring (bicyclic) bond motifs is 1. The minimum absolute atomic E-state index is 0.0141. The van der Waals surface area contributed by atoms with Crippen molar-refractivity contribution in [1.29, 1.82) is 5.26 Å². The maximum Gasteiger partial charge on any atom is 0.328 e. The van der Waals surface area contributed by atoms with E-state index < -0.39 is 11.5 Å². The minimum Gasteiger partial charge on any atom is -0.370 e. The summed E-state index contributed by atoms with van der Waals surface area (Å²) in [4.78, 5) is 58.6. The Labute approximate surface area is 182 Å². The molecule has 4 rings (SSSR count). The molecule has 0 unspecified atom stereocenters. The van der Waals surface area contributed by atoms with Gasteiger partial charge in [-0.3, -0.25) is 24.6 Å². The number of carbonyl (C=O) groups excluding carboxylic acids is 3. The van der Waals surface area contributed by atoms with Gasteiger partial charge in [-0.15, -0.1) is 0 Å². The lowest BCUT2D eigenvalue weighted by atomic mass is 10.0. The van der Waals surface area contributed by atoms with Gasteiger partial charge in [0.25, 0.3) is 0 Å². The summed E-state index contributed by atoms with van der Waals surface area (Å²) >= 11 is 0. The Kier molecular flexibility index (Phi) is 5.96. The number of nitrogens with one attached hydrogen (secondary N) is 2. The molecule has 11 heteroatoms. The number of nitriles is 1. The zero-order valence-electron chi connectivity index (χ0n) is 17.1. The lowest BCUT2D eigenvalue weighted by molar-refractivity contribution is -0.143. The number of rotatable bonds is 4. The summed E-state index contributed by atoms with van der Waals surface area (Å²) in [6.45, 7) is 1.51. The van der Waals surface area contributed by atoms with Crippen molar-refractivity contribution in [2.75, 3.05) is 36.5 Å². The number of morpholine rings is 1. The second kappa shape index (κ2) is 8.99. The number of anilines is 2. The van der Waals surface area contributed by atoms with Gasteiger partial charge in [-0.2, -0.15) is 5.26 Å². The Morgan fingerprint density at radius 3 is 2.91 bits per heavy atom. The topological polar surface area (TPSA) is 148 Å². The highest BCUT2D eigenvalue weighted by Crippen LogP contribution is 2.28. The molecule has 3 amide bonds. The third-order valence-electron chi connectivity index (χ3n) is 5.35. The monoisotopic (exact) mass is 436 g/mol. The van der Waals surface area contributed by atoms with E-state index in [-0.39, 0.29) is 36.1 Å². The van der Waals surface area contributed by atoms with Gasteiger partial charge < -0.3 is 14.6 Å². The number of carbonyl (C=O) groups is 3. The number of ether oxygens (including phenoxy) is 1. The maximum absolute atomic E-state index is 12.9. The van der Waals surface area contributed by atoms with Gasteiger partial charge in [-0.05, 0) is 24.5 Å². The molecular weight excluding hydrogens is 416 g/mol. The number of aryl methyl sites for hydroxylation is 1. The Balaban J connectivity index is 1.58. The molecule has 0 aromatic carbocycles. The van der Waals surface area contributed by atoms with E-state index in [0.717, 1.165) is 11.6 Å². The molecule has 2 aromatic heterocycles. The number of aromatic amines is 1. The van der Waals surface area contributed by atoms with Gasteiger partial charge in [0.15, 0.2) is 6.29 Å². The van der Waals surface area contributed by atoms with Crippen molar-refractivity contribution >= 4 is 29.9 Å². The van der Waals surface area contributed by atoms with Gasteiger partial charge >= 0.3 is 6.03 Å². The van der Waals surface area contributed by atoms with Gasteiger partial charge in [-0.1, -0.05) is 0 Å². The summed E-state index contributed by atoms with van der Waals surface area (Å²) in [6.07, 6.45) is 3.19. The molecule has 0 atom stereocenters. The number of aromatic nitrogens is 2. The van der Waals surface area contributed by atoms with Crippen molar-refractivity contribution in [3.8, 4) is 6.07 Å². The smallest absolute Gasteiger partial charge is 0.328 e. The molecule has 2 aliphatic rings. The summed E-state index contributed by atoms with van der Waals surface area (Å²) in [7, 11) is 0. The van der Waals surface area contributed by atoms with Crippen LogP contribution in [0.2, 0.25) is 0 Å². The third-order valence-corrected chi connectivity index (χ3v) is 5.35. The third kappa shape index (κ3) is 4.21. The zero-order chi connectivity index (χ0) is 22.7. The van der Waals surface area contributed by atoms with Crippen molar-refractivity contribution in [2.45, 2.75) is 19.4 Å². The van der Waals surface area contributed by atoms with Crippen molar-refractivity contribution in [2.24, 2.45) is 0 Å². The van der Waals surface area contributed by atoms with E-state index in [1.54, 1.807) is 11.0 Å². The van der Waals surface area contributed by atoms with Crippen LogP contribution in [-0.2, 0) is 22.5 Å². The molecule has 2 aliphatic heterocycles. The second-order valence-electron chi connectivity index (χ2n) is 7.42. The highest BCUT2D eigenvalue weighted by molar-refractivity contribution is 6.01. The van der Waals surface area contributed by atoms with E-state index >= 15 is 0 Å². The fourth-order valence-corrected chi connectivity index (χ4v) is 3.72. The molecule has 0 saturated carbocycles. The fourth-order valence-electron chi connectivity index (χ4n) is 3.72. The van der Waals surface area contributed by atoms with Crippen molar-refractivity contribution in [3.63, 3.8) is 0 Å². The average Bonchev–Trinajstić information content (AvgIpc) is 2.79. The van der Waals surface area contributed by atoms with Gasteiger partial charge in [0.05, 0.1) is 6.61 Å². The number of amides is 3.